The summed E-state index contributed by atoms with van der Waals surface area (Å²) in [5.41, 5.74) is 0. The first-order chi connectivity index (χ1) is 11.2. The van der Waals surface area contributed by atoms with Gasteiger partial charge in [0.15, 0.2) is 0 Å². The standard InChI is InChI=1S/C19H34N2O2.ClH/c1-2-23-18(15-5-3-4-6-15)9-10-20-19(22)13-14-11-16-7-8-17(12-14)21-16;/h14-18,21H,2-13H2,1H3,(H,20,22);1H. The number of piperidine rings is 1. The lowest BCUT2D eigenvalue weighted by molar-refractivity contribution is -0.122. The number of amides is 1. The molecule has 4 nitrogen and oxygen atoms in total. The van der Waals surface area contributed by atoms with E-state index in [1.54, 1.807) is 0 Å². The van der Waals surface area contributed by atoms with E-state index in [4.69, 9.17) is 4.74 Å². The van der Waals surface area contributed by atoms with Crippen LogP contribution in [0.2, 0.25) is 0 Å². The Kier molecular flexibility index (Phi) is 8.32. The Morgan fingerprint density at radius 1 is 1.17 bits per heavy atom. The summed E-state index contributed by atoms with van der Waals surface area (Å²) in [6.07, 6.45) is 12.3. The van der Waals surface area contributed by atoms with Crippen molar-refractivity contribution in [3.05, 3.63) is 0 Å². The van der Waals surface area contributed by atoms with Crippen LogP contribution in [0.15, 0.2) is 0 Å². The topological polar surface area (TPSA) is 50.4 Å². The van der Waals surface area contributed by atoms with E-state index in [-0.39, 0.29) is 18.3 Å². The number of ether oxygens (including phenoxy) is 1. The molecule has 2 heterocycles. The van der Waals surface area contributed by atoms with Gasteiger partial charge in [-0.15, -0.1) is 12.4 Å². The number of carbonyl (C=O) groups is 1. The molecule has 5 heteroatoms. The van der Waals surface area contributed by atoms with Gasteiger partial charge in [-0.1, -0.05) is 12.8 Å². The van der Waals surface area contributed by atoms with Crippen LogP contribution in [0, 0.1) is 11.8 Å². The first-order valence-electron chi connectivity index (χ1n) is 9.89. The van der Waals surface area contributed by atoms with E-state index in [2.05, 4.69) is 17.6 Å². The van der Waals surface area contributed by atoms with Crippen LogP contribution in [-0.4, -0.2) is 37.2 Å². The molecule has 3 atom stereocenters. The molecule has 0 aromatic carbocycles. The predicted octanol–water partition coefficient (Wildman–Crippen LogP) is 3.43. The summed E-state index contributed by atoms with van der Waals surface area (Å²) in [4.78, 5) is 12.2. The van der Waals surface area contributed by atoms with Gasteiger partial charge in [-0.3, -0.25) is 4.79 Å². The first-order valence-corrected chi connectivity index (χ1v) is 9.89. The summed E-state index contributed by atoms with van der Waals surface area (Å²) in [5, 5.41) is 6.80. The molecular formula is C19H35ClN2O2. The highest BCUT2D eigenvalue weighted by atomic mass is 35.5. The van der Waals surface area contributed by atoms with E-state index in [0.717, 1.165) is 26.0 Å². The number of hydrogen-bond donors (Lipinski definition) is 2. The number of halogens is 1. The third-order valence-electron chi connectivity index (χ3n) is 6.10. The molecule has 0 spiro atoms. The Hall–Kier alpha value is -0.320. The zero-order valence-electron chi connectivity index (χ0n) is 15.1. The van der Waals surface area contributed by atoms with Crippen LogP contribution in [0.3, 0.4) is 0 Å². The fourth-order valence-corrected chi connectivity index (χ4v) is 5.03. The van der Waals surface area contributed by atoms with Crippen molar-refractivity contribution in [3.8, 4) is 0 Å². The van der Waals surface area contributed by atoms with Crippen molar-refractivity contribution in [2.24, 2.45) is 11.8 Å². The molecule has 140 valence electrons. The number of nitrogens with one attached hydrogen (secondary N) is 2. The van der Waals surface area contributed by atoms with Crippen LogP contribution in [-0.2, 0) is 9.53 Å². The molecule has 3 unspecified atom stereocenters. The Morgan fingerprint density at radius 3 is 2.46 bits per heavy atom. The fourth-order valence-electron chi connectivity index (χ4n) is 5.03. The minimum atomic E-state index is 0. The fraction of sp³-hybridized carbons (Fsp3) is 0.947. The molecule has 0 radical (unpaired) electrons. The van der Waals surface area contributed by atoms with Crippen molar-refractivity contribution in [1.82, 2.24) is 10.6 Å². The molecule has 3 rings (SSSR count). The van der Waals surface area contributed by atoms with Gasteiger partial charge >= 0.3 is 0 Å². The van der Waals surface area contributed by atoms with Crippen molar-refractivity contribution < 1.29 is 9.53 Å². The third kappa shape index (κ3) is 5.60. The highest BCUT2D eigenvalue weighted by Gasteiger charge is 2.34. The second kappa shape index (κ2) is 9.98. The molecule has 1 amide bonds. The second-order valence-electron chi connectivity index (χ2n) is 7.86. The van der Waals surface area contributed by atoms with Gasteiger partial charge in [0, 0.05) is 31.7 Å². The van der Waals surface area contributed by atoms with E-state index in [1.165, 1.54) is 51.4 Å². The summed E-state index contributed by atoms with van der Waals surface area (Å²) in [6, 6.07) is 1.35. The maximum absolute atomic E-state index is 12.2. The predicted molar refractivity (Wildman–Crippen MR) is 99.5 cm³/mol. The van der Waals surface area contributed by atoms with Crippen LogP contribution in [0.25, 0.3) is 0 Å². The maximum Gasteiger partial charge on any atom is 0.220 e. The van der Waals surface area contributed by atoms with Gasteiger partial charge in [-0.25, -0.2) is 0 Å². The van der Waals surface area contributed by atoms with Gasteiger partial charge in [0.05, 0.1) is 6.10 Å². The van der Waals surface area contributed by atoms with Crippen LogP contribution >= 0.6 is 12.4 Å². The van der Waals surface area contributed by atoms with Crippen LogP contribution in [0.5, 0.6) is 0 Å². The highest BCUT2D eigenvalue weighted by Crippen LogP contribution is 2.33. The van der Waals surface area contributed by atoms with E-state index in [1.807, 2.05) is 0 Å². The zero-order chi connectivity index (χ0) is 16.1. The molecule has 0 aromatic heterocycles. The molecular weight excluding hydrogens is 324 g/mol. The number of carbonyl (C=O) groups excluding carboxylic acids is 1. The van der Waals surface area contributed by atoms with Crippen molar-refractivity contribution in [1.29, 1.82) is 0 Å². The molecule has 2 bridgehead atoms. The lowest BCUT2D eigenvalue weighted by atomic mass is 9.89. The average Bonchev–Trinajstić information content (AvgIpc) is 3.16. The van der Waals surface area contributed by atoms with Gasteiger partial charge in [-0.05, 0) is 63.7 Å². The summed E-state index contributed by atoms with van der Waals surface area (Å²) in [7, 11) is 0. The Labute approximate surface area is 153 Å². The van der Waals surface area contributed by atoms with Crippen molar-refractivity contribution in [2.45, 2.75) is 89.3 Å². The Bertz CT molecular complexity index is 376. The number of hydrogen-bond acceptors (Lipinski definition) is 3. The van der Waals surface area contributed by atoms with Crippen molar-refractivity contribution in [3.63, 3.8) is 0 Å². The third-order valence-corrected chi connectivity index (χ3v) is 6.10. The second-order valence-corrected chi connectivity index (χ2v) is 7.86. The van der Waals surface area contributed by atoms with Gasteiger partial charge in [-0.2, -0.15) is 0 Å². The molecule has 1 saturated carbocycles. The summed E-state index contributed by atoms with van der Waals surface area (Å²) in [6.45, 7) is 3.64. The van der Waals surface area contributed by atoms with Crippen LogP contribution < -0.4 is 10.6 Å². The molecule has 2 saturated heterocycles. The molecule has 24 heavy (non-hydrogen) atoms. The lowest BCUT2D eigenvalue weighted by Gasteiger charge is -2.28. The molecule has 0 aromatic rings. The quantitative estimate of drug-likeness (QED) is 0.698. The maximum atomic E-state index is 12.2. The smallest absolute Gasteiger partial charge is 0.220 e. The zero-order valence-corrected chi connectivity index (χ0v) is 15.9. The molecule has 3 aliphatic rings. The minimum Gasteiger partial charge on any atom is -0.378 e. The van der Waals surface area contributed by atoms with Gasteiger partial charge < -0.3 is 15.4 Å². The monoisotopic (exact) mass is 358 g/mol. The van der Waals surface area contributed by atoms with E-state index in [0.29, 0.717) is 30.0 Å². The summed E-state index contributed by atoms with van der Waals surface area (Å²) >= 11 is 0. The number of fused-ring (bicyclic) bond motifs is 2. The average molecular weight is 359 g/mol. The SMILES string of the molecule is CCOC(CCNC(=O)CC1CC2CCC(C1)N2)C1CCCC1.Cl. The molecule has 2 N–H and O–H groups in total. The number of rotatable bonds is 8. The molecule has 1 aliphatic carbocycles. The minimum absolute atomic E-state index is 0. The highest BCUT2D eigenvalue weighted by molar-refractivity contribution is 5.85. The lowest BCUT2D eigenvalue weighted by Crippen LogP contribution is -2.40. The largest absolute Gasteiger partial charge is 0.378 e. The van der Waals surface area contributed by atoms with Gasteiger partial charge in [0.25, 0.3) is 0 Å². The normalized spacial score (nSPS) is 30.8. The van der Waals surface area contributed by atoms with Crippen LogP contribution in [0.4, 0.5) is 0 Å². The Balaban J connectivity index is 0.00000208. The summed E-state index contributed by atoms with van der Waals surface area (Å²) in [5.74, 6) is 1.55. The van der Waals surface area contributed by atoms with Crippen LogP contribution in [0.1, 0.15) is 71.1 Å². The first kappa shape index (κ1) is 20.0. The van der Waals surface area contributed by atoms with E-state index >= 15 is 0 Å². The summed E-state index contributed by atoms with van der Waals surface area (Å²) < 4.78 is 5.93. The molecule has 2 aliphatic heterocycles. The van der Waals surface area contributed by atoms with Gasteiger partial charge in [0.2, 0.25) is 5.91 Å². The Morgan fingerprint density at radius 2 is 1.83 bits per heavy atom. The van der Waals surface area contributed by atoms with Crippen molar-refractivity contribution >= 4 is 18.3 Å². The van der Waals surface area contributed by atoms with E-state index in [9.17, 15) is 4.79 Å². The molecule has 3 fully saturated rings. The van der Waals surface area contributed by atoms with Gasteiger partial charge in [0.1, 0.15) is 0 Å². The van der Waals surface area contributed by atoms with Crippen molar-refractivity contribution in [2.75, 3.05) is 13.2 Å². The van der Waals surface area contributed by atoms with E-state index < -0.39 is 0 Å².